The van der Waals surface area contributed by atoms with Crippen LogP contribution in [0, 0.1) is 0 Å². The molecule has 0 unspecified atom stereocenters. The molecule has 0 amide bonds. The van der Waals surface area contributed by atoms with E-state index in [1.54, 1.807) is 6.08 Å². The summed E-state index contributed by atoms with van der Waals surface area (Å²) >= 11 is 25.6. The van der Waals surface area contributed by atoms with Gasteiger partial charge in [-0.15, -0.1) is 23.2 Å². The summed E-state index contributed by atoms with van der Waals surface area (Å²) in [6.45, 7) is 1.30. The largest absolute Gasteiger partial charge is 3.00 e. The molecule has 0 spiro atoms. The molecule has 0 aromatic heterocycles. The van der Waals surface area contributed by atoms with Gasteiger partial charge in [0.1, 0.15) is 0 Å². The number of halogens is 2. The Hall–Kier alpha value is 0.506. The number of hydrogen-bond acceptors (Lipinski definition) is 1. The maximum Gasteiger partial charge on any atom is 3.00 e. The first-order valence-electron chi connectivity index (χ1n) is 7.76. The van der Waals surface area contributed by atoms with Gasteiger partial charge in [-0.1, -0.05) is 12.2 Å². The zero-order chi connectivity index (χ0) is 21.6. The van der Waals surface area contributed by atoms with Crippen LogP contribution in [0.5, 0.6) is 0 Å². The topological polar surface area (TPSA) is 54.3 Å². The molecular weight excluding hydrogens is 520 g/mol. The van der Waals surface area contributed by atoms with Crippen molar-refractivity contribution in [3.8, 4) is 0 Å². The average Bonchev–Trinajstić information content (AvgIpc) is 2.58. The third-order valence-corrected chi connectivity index (χ3v) is 4.91. The van der Waals surface area contributed by atoms with E-state index in [2.05, 4.69) is 49.7 Å². The molecule has 1 aliphatic carbocycles. The summed E-state index contributed by atoms with van der Waals surface area (Å²) in [5.41, 5.74) is 0.531. The number of hydrogen-bond donors (Lipinski definition) is 0. The zero-order valence-corrected chi connectivity index (χ0v) is 22.6. The second-order valence-corrected chi connectivity index (χ2v) is 8.87. The minimum Gasteiger partial charge on any atom is -0.805 e. The summed E-state index contributed by atoms with van der Waals surface area (Å²) < 4.78 is 1.69. The van der Waals surface area contributed by atoms with Crippen LogP contribution >= 0.6 is 23.2 Å². The van der Waals surface area contributed by atoms with E-state index in [-0.39, 0.29) is 28.2 Å². The molecule has 0 N–H and O–H groups in total. The number of allylic oxidation sites excluding steroid dienone is 3. The van der Waals surface area contributed by atoms with E-state index < -0.39 is 0 Å². The van der Waals surface area contributed by atoms with Crippen molar-refractivity contribution in [1.82, 2.24) is 14.7 Å². The molecule has 0 saturated heterocycles. The van der Waals surface area contributed by atoms with Crippen molar-refractivity contribution in [3.05, 3.63) is 34.7 Å². The third kappa shape index (κ3) is 17.4. The monoisotopic (exact) mass is 548 g/mol. The molecule has 12 heteroatoms. The first kappa shape index (κ1) is 33.2. The van der Waals surface area contributed by atoms with Crippen molar-refractivity contribution in [3.63, 3.8) is 0 Å². The van der Waals surface area contributed by atoms with Crippen molar-refractivity contribution in [2.45, 2.75) is 0 Å². The Morgan fingerprint density at radius 2 is 1.25 bits per heavy atom. The summed E-state index contributed by atoms with van der Waals surface area (Å²) in [7, 11) is 7.65. The standard InChI is InChI=1S/C10H11Cl2N3.2C3H7NS2.Co/c11-3-5-15(6-4-12)8-1-2-9(13)10(14)7-8;2*1-4(2)3(5)6;/h1-2,7H,3-6H2;2*1-2H3,(H,5,6);/q-2;;;+3/p+4. The van der Waals surface area contributed by atoms with Gasteiger partial charge in [0.2, 0.25) is 24.4 Å². The Balaban J connectivity index is -0.000000402. The van der Waals surface area contributed by atoms with E-state index >= 15 is 0 Å². The summed E-state index contributed by atoms with van der Waals surface area (Å²) in [4.78, 5) is 5.67. The maximum atomic E-state index is 9.34. The van der Waals surface area contributed by atoms with Crippen molar-refractivity contribution in [1.29, 1.82) is 0 Å². The van der Waals surface area contributed by atoms with Gasteiger partial charge < -0.3 is 15.7 Å². The minimum atomic E-state index is -0.137. The van der Waals surface area contributed by atoms with Gasteiger partial charge in [0.25, 0.3) is 0 Å². The van der Waals surface area contributed by atoms with Crippen LogP contribution in [-0.4, -0.2) is 87.8 Å². The van der Waals surface area contributed by atoms with E-state index in [4.69, 9.17) is 28.6 Å². The first-order chi connectivity index (χ1) is 12.5. The van der Waals surface area contributed by atoms with Crippen LogP contribution in [0.25, 0.3) is 10.8 Å². The Morgan fingerprint density at radius 3 is 1.50 bits per heavy atom. The van der Waals surface area contributed by atoms with E-state index in [9.17, 15) is 5.41 Å². The predicted molar refractivity (Wildman–Crippen MR) is 142 cm³/mol. The molecule has 0 heterocycles. The van der Waals surface area contributed by atoms with E-state index in [1.807, 2.05) is 42.9 Å². The minimum absolute atomic E-state index is 0. The SMILES string of the molecule is CN(C)C(=[SH+])[SH2+].CN(C)C(=[SH+])[SH2+].[Co+3].[N-]=C1C=CC(N(CCCl)CCCl)=CC1=[N-]. The van der Waals surface area contributed by atoms with Crippen LogP contribution in [0.1, 0.15) is 0 Å². The fourth-order valence-electron chi connectivity index (χ4n) is 1.28. The molecule has 0 fully saturated rings. The number of alkyl halides is 2. The Morgan fingerprint density at radius 1 is 0.893 bits per heavy atom. The number of nitrogens with zero attached hydrogens (tertiary/aromatic N) is 5. The second-order valence-electron chi connectivity index (χ2n) is 5.47. The molecule has 0 radical (unpaired) electrons. The maximum absolute atomic E-state index is 9.34. The van der Waals surface area contributed by atoms with E-state index in [0.717, 1.165) is 14.3 Å². The summed E-state index contributed by atoms with van der Waals surface area (Å²) in [5, 5.41) is 18.5. The van der Waals surface area contributed by atoms with Crippen LogP contribution in [0.15, 0.2) is 23.9 Å². The molecule has 1 aliphatic rings. The van der Waals surface area contributed by atoms with Crippen LogP contribution in [0.4, 0.5) is 0 Å². The molecule has 28 heavy (non-hydrogen) atoms. The number of thiol groups is 2. The van der Waals surface area contributed by atoms with Crippen molar-refractivity contribution in [2.24, 2.45) is 0 Å². The molecule has 0 bridgehead atoms. The van der Waals surface area contributed by atoms with Gasteiger partial charge in [-0.25, -0.2) is 0 Å². The normalized spacial score (nSPS) is 12.3. The first-order valence-corrected chi connectivity index (χ1v) is 10.7. The van der Waals surface area contributed by atoms with Gasteiger partial charge in [-0.2, -0.15) is 21.2 Å². The van der Waals surface area contributed by atoms with Gasteiger partial charge >= 0.3 is 25.4 Å². The van der Waals surface area contributed by atoms with Crippen molar-refractivity contribution < 1.29 is 16.8 Å². The fourth-order valence-corrected chi connectivity index (χ4v) is 1.69. The van der Waals surface area contributed by atoms with Gasteiger partial charge in [0, 0.05) is 58.7 Å². The fraction of sp³-hybridized carbons (Fsp3) is 0.500. The van der Waals surface area contributed by atoms with E-state index in [0.29, 0.717) is 24.8 Å². The predicted octanol–water partition coefficient (Wildman–Crippen LogP) is 0.0902. The second kappa shape index (κ2) is 19.5. The molecule has 0 aliphatic heterocycles. The van der Waals surface area contributed by atoms with Crippen molar-refractivity contribution >= 4 is 93.0 Å². The average molecular weight is 550 g/mol. The molecule has 160 valence electrons. The smallest absolute Gasteiger partial charge is 0.805 e. The van der Waals surface area contributed by atoms with E-state index in [1.165, 1.54) is 12.2 Å². The summed E-state index contributed by atoms with van der Waals surface area (Å²) in [5.74, 6) is 0.969. The molecule has 5 nitrogen and oxygen atoms in total. The molecule has 1 rings (SSSR count). The Bertz CT molecular complexity index is 559. The van der Waals surface area contributed by atoms with Gasteiger partial charge in [0.15, 0.2) is 0 Å². The van der Waals surface area contributed by atoms with Gasteiger partial charge in [-0.05, 0) is 6.08 Å². The molecule has 0 saturated carbocycles. The van der Waals surface area contributed by atoms with Gasteiger partial charge in [0.05, 0.1) is 25.3 Å². The van der Waals surface area contributed by atoms with Crippen LogP contribution in [-0.2, 0) is 66.5 Å². The quantitative estimate of drug-likeness (QED) is 0.161. The molecule has 0 aromatic rings. The van der Waals surface area contributed by atoms with Gasteiger partial charge in [-0.3, -0.25) is 0 Å². The Labute approximate surface area is 210 Å². The molecular formula is C16H29Cl2CoN5S4+5. The third-order valence-electron chi connectivity index (χ3n) is 2.88. The summed E-state index contributed by atoms with van der Waals surface area (Å²) in [6.07, 6.45) is 4.66. The zero-order valence-electron chi connectivity index (χ0n) is 16.3. The number of rotatable bonds is 5. The molecule has 0 aromatic carbocycles. The van der Waals surface area contributed by atoms with Crippen molar-refractivity contribution in [2.75, 3.05) is 53.0 Å². The summed E-state index contributed by atoms with van der Waals surface area (Å²) in [6, 6.07) is 0. The van der Waals surface area contributed by atoms with Crippen LogP contribution in [0.3, 0.4) is 0 Å². The van der Waals surface area contributed by atoms with Crippen LogP contribution in [0.2, 0.25) is 0 Å². The Kier molecular flexibility index (Phi) is 23.1. The molecule has 0 atom stereocenters. The van der Waals surface area contributed by atoms with Crippen LogP contribution < -0.4 is 0 Å².